The molecule has 0 spiro atoms. The van der Waals surface area contributed by atoms with Gasteiger partial charge in [0.2, 0.25) is 0 Å². The maximum atomic E-state index is 12.0. The van der Waals surface area contributed by atoms with Gasteiger partial charge >= 0.3 is 0 Å². The van der Waals surface area contributed by atoms with Crippen molar-refractivity contribution in [2.45, 2.75) is 32.7 Å². The summed E-state index contributed by atoms with van der Waals surface area (Å²) >= 11 is 13.5. The summed E-state index contributed by atoms with van der Waals surface area (Å²) in [7, 11) is 0. The molecule has 2 heterocycles. The van der Waals surface area contributed by atoms with E-state index in [9.17, 15) is 4.79 Å². The summed E-state index contributed by atoms with van der Waals surface area (Å²) in [6, 6.07) is 3.88. The van der Waals surface area contributed by atoms with E-state index in [1.807, 2.05) is 12.1 Å². The summed E-state index contributed by atoms with van der Waals surface area (Å²) in [6.45, 7) is 3.35. The molecular weight excluding hydrogens is 329 g/mol. The number of rotatable bonds is 7. The molecule has 0 aliphatic rings. The number of nitrogens with zero attached hydrogens (tertiary/aromatic N) is 2. The zero-order valence-electron chi connectivity index (χ0n) is 11.7. The fraction of sp³-hybridized carbons (Fsp3) is 0.429. The van der Waals surface area contributed by atoms with E-state index >= 15 is 0 Å². The number of hydrogen-bond donors (Lipinski definition) is 1. The largest absolute Gasteiger partial charge is 0.382 e. The number of thiophene rings is 1. The lowest BCUT2D eigenvalue weighted by Crippen LogP contribution is -2.24. The van der Waals surface area contributed by atoms with Crippen molar-refractivity contribution in [3.63, 3.8) is 0 Å². The summed E-state index contributed by atoms with van der Waals surface area (Å²) in [5.41, 5.74) is 0.339. The van der Waals surface area contributed by atoms with Crippen LogP contribution in [0.15, 0.2) is 23.1 Å². The molecule has 0 bridgehead atoms. The first-order valence-electron chi connectivity index (χ1n) is 6.85. The maximum absolute atomic E-state index is 12.0. The number of hydrogen-bond acceptors (Lipinski definition) is 4. The van der Waals surface area contributed by atoms with Crippen molar-refractivity contribution < 1.29 is 0 Å². The van der Waals surface area contributed by atoms with Gasteiger partial charge in [0.05, 0.1) is 16.2 Å². The van der Waals surface area contributed by atoms with E-state index in [-0.39, 0.29) is 10.6 Å². The highest BCUT2D eigenvalue weighted by molar-refractivity contribution is 7.16. The van der Waals surface area contributed by atoms with Gasteiger partial charge in [0, 0.05) is 18.0 Å². The molecule has 2 aromatic heterocycles. The van der Waals surface area contributed by atoms with Crippen LogP contribution in [0, 0.1) is 0 Å². The summed E-state index contributed by atoms with van der Waals surface area (Å²) in [4.78, 5) is 13.2. The number of aromatic nitrogens is 2. The first-order valence-corrected chi connectivity index (χ1v) is 8.42. The van der Waals surface area contributed by atoms with E-state index < -0.39 is 0 Å². The number of anilines is 1. The molecule has 0 aliphatic heterocycles. The van der Waals surface area contributed by atoms with Gasteiger partial charge in [0.15, 0.2) is 0 Å². The van der Waals surface area contributed by atoms with Crippen LogP contribution in [0.5, 0.6) is 0 Å². The lowest BCUT2D eigenvalue weighted by atomic mass is 10.3. The van der Waals surface area contributed by atoms with Crippen LogP contribution in [0.4, 0.5) is 5.69 Å². The van der Waals surface area contributed by atoms with Crippen LogP contribution in [0.3, 0.4) is 0 Å². The predicted octanol–water partition coefficient (Wildman–Crippen LogP) is 4.07. The highest BCUT2D eigenvalue weighted by Crippen LogP contribution is 2.22. The Morgan fingerprint density at radius 3 is 2.86 bits per heavy atom. The minimum atomic E-state index is -0.241. The van der Waals surface area contributed by atoms with Gasteiger partial charge in [0.25, 0.3) is 5.56 Å². The second-order valence-corrected chi connectivity index (χ2v) is 6.81. The van der Waals surface area contributed by atoms with Crippen molar-refractivity contribution in [3.8, 4) is 0 Å². The third kappa shape index (κ3) is 4.46. The maximum Gasteiger partial charge on any atom is 0.287 e. The second-order valence-electron chi connectivity index (χ2n) is 4.64. The van der Waals surface area contributed by atoms with Crippen molar-refractivity contribution in [2.75, 3.05) is 11.9 Å². The average Bonchev–Trinajstić information content (AvgIpc) is 2.88. The first kappa shape index (κ1) is 16.3. The Bertz CT molecular complexity index is 654. The van der Waals surface area contributed by atoms with E-state index in [4.69, 9.17) is 23.2 Å². The zero-order chi connectivity index (χ0) is 15.2. The van der Waals surface area contributed by atoms with Crippen molar-refractivity contribution in [3.05, 3.63) is 42.9 Å². The number of nitrogens with one attached hydrogen (secondary N) is 1. The van der Waals surface area contributed by atoms with E-state index in [1.54, 1.807) is 17.5 Å². The van der Waals surface area contributed by atoms with E-state index in [0.717, 1.165) is 23.6 Å². The molecule has 21 heavy (non-hydrogen) atoms. The zero-order valence-corrected chi connectivity index (χ0v) is 14.1. The molecule has 0 unspecified atom stereocenters. The van der Waals surface area contributed by atoms with E-state index in [1.165, 1.54) is 9.56 Å². The molecule has 0 atom stereocenters. The Morgan fingerprint density at radius 1 is 1.38 bits per heavy atom. The van der Waals surface area contributed by atoms with Gasteiger partial charge in [-0.1, -0.05) is 36.5 Å². The van der Waals surface area contributed by atoms with Gasteiger partial charge < -0.3 is 5.32 Å². The van der Waals surface area contributed by atoms with Gasteiger partial charge in [0.1, 0.15) is 5.02 Å². The molecule has 0 aliphatic carbocycles. The molecule has 0 fully saturated rings. The molecule has 0 saturated heterocycles. The van der Waals surface area contributed by atoms with Crippen molar-refractivity contribution in [1.82, 2.24) is 9.78 Å². The van der Waals surface area contributed by atoms with E-state index in [2.05, 4.69) is 17.3 Å². The second kappa shape index (κ2) is 7.82. The molecule has 0 radical (unpaired) electrons. The van der Waals surface area contributed by atoms with Gasteiger partial charge in [-0.2, -0.15) is 5.10 Å². The topological polar surface area (TPSA) is 46.9 Å². The summed E-state index contributed by atoms with van der Waals surface area (Å²) in [6.07, 6.45) is 4.36. The molecule has 7 heteroatoms. The normalized spacial score (nSPS) is 10.8. The van der Waals surface area contributed by atoms with Crippen LogP contribution < -0.4 is 10.9 Å². The Kier molecular flexibility index (Phi) is 6.08. The molecule has 0 saturated carbocycles. The lowest BCUT2D eigenvalue weighted by molar-refractivity contribution is 0.543. The van der Waals surface area contributed by atoms with Crippen LogP contribution in [-0.2, 0) is 13.0 Å². The highest BCUT2D eigenvalue weighted by atomic mass is 35.5. The summed E-state index contributed by atoms with van der Waals surface area (Å²) in [5, 5.41) is 7.50. The van der Waals surface area contributed by atoms with Gasteiger partial charge in [-0.25, -0.2) is 4.68 Å². The van der Waals surface area contributed by atoms with Crippen molar-refractivity contribution >= 4 is 40.2 Å². The Hall–Kier alpha value is -1.04. The SMILES string of the molecule is CCCCn1ncc(NCCc2ccc(Cl)s2)c(Cl)c1=O. The Morgan fingerprint density at radius 2 is 2.19 bits per heavy atom. The third-order valence-corrected chi connectivity index (χ3v) is 4.68. The number of halogens is 2. The van der Waals surface area contributed by atoms with Crippen LogP contribution in [0.2, 0.25) is 9.36 Å². The number of unbranched alkanes of at least 4 members (excludes halogenated alkanes) is 1. The quantitative estimate of drug-likeness (QED) is 0.822. The summed E-state index contributed by atoms with van der Waals surface area (Å²) in [5.74, 6) is 0. The van der Waals surface area contributed by atoms with Crippen LogP contribution in [0.1, 0.15) is 24.6 Å². The average molecular weight is 346 g/mol. The molecule has 0 aromatic carbocycles. The lowest BCUT2D eigenvalue weighted by Gasteiger charge is -2.09. The number of aryl methyl sites for hydroxylation is 1. The van der Waals surface area contributed by atoms with Crippen LogP contribution in [0.25, 0.3) is 0 Å². The molecule has 2 rings (SSSR count). The van der Waals surface area contributed by atoms with Crippen LogP contribution in [-0.4, -0.2) is 16.3 Å². The Labute approximate surface area is 137 Å². The van der Waals surface area contributed by atoms with Crippen molar-refractivity contribution in [1.29, 1.82) is 0 Å². The van der Waals surface area contributed by atoms with Gasteiger partial charge in [-0.15, -0.1) is 11.3 Å². The highest BCUT2D eigenvalue weighted by Gasteiger charge is 2.08. The summed E-state index contributed by atoms with van der Waals surface area (Å²) < 4.78 is 2.19. The molecule has 1 N–H and O–H groups in total. The monoisotopic (exact) mass is 345 g/mol. The van der Waals surface area contributed by atoms with Crippen molar-refractivity contribution in [2.24, 2.45) is 0 Å². The fourth-order valence-corrected chi connectivity index (χ4v) is 3.16. The van der Waals surface area contributed by atoms with Gasteiger partial charge in [-0.3, -0.25) is 4.79 Å². The minimum absolute atomic E-state index is 0.199. The predicted molar refractivity (Wildman–Crippen MR) is 89.9 cm³/mol. The molecule has 4 nitrogen and oxygen atoms in total. The van der Waals surface area contributed by atoms with Crippen LogP contribution >= 0.6 is 34.5 Å². The molecule has 2 aromatic rings. The molecule has 0 amide bonds. The standard InChI is InChI=1S/C14H17Cl2N3OS/c1-2-3-8-19-14(20)13(16)11(9-18-19)17-7-6-10-4-5-12(15)21-10/h4-5,9,17H,2-3,6-8H2,1H3. The minimum Gasteiger partial charge on any atom is -0.382 e. The Balaban J connectivity index is 1.97. The smallest absolute Gasteiger partial charge is 0.287 e. The third-order valence-electron chi connectivity index (χ3n) is 3.02. The van der Waals surface area contributed by atoms with E-state index in [0.29, 0.717) is 18.8 Å². The fourth-order valence-electron chi connectivity index (χ4n) is 1.86. The first-order chi connectivity index (χ1) is 10.1. The molecular formula is C14H17Cl2N3OS. The van der Waals surface area contributed by atoms with Gasteiger partial charge in [-0.05, 0) is 25.0 Å². The molecule has 114 valence electrons.